The fourth-order valence-electron chi connectivity index (χ4n) is 0.644. The van der Waals surface area contributed by atoms with Crippen molar-refractivity contribution in [3.8, 4) is 0 Å². The number of hydrogen-bond acceptors (Lipinski definition) is 5. The molecule has 0 aromatic rings. The van der Waals surface area contributed by atoms with Gasteiger partial charge in [-0.1, -0.05) is 12.2 Å². The van der Waals surface area contributed by atoms with Crippen LogP contribution < -0.4 is 22.1 Å². The van der Waals surface area contributed by atoms with Crippen molar-refractivity contribution in [2.75, 3.05) is 19.7 Å². The lowest BCUT2D eigenvalue weighted by Crippen LogP contribution is -2.43. The first-order chi connectivity index (χ1) is 7.43. The van der Waals surface area contributed by atoms with Crippen molar-refractivity contribution >= 4 is 35.1 Å². The summed E-state index contributed by atoms with van der Waals surface area (Å²) in [5, 5.41) is 4.38. The van der Waals surface area contributed by atoms with Gasteiger partial charge in [-0.05, 0) is 0 Å². The Labute approximate surface area is 96.7 Å². The Bertz CT molecular complexity index is 307. The van der Waals surface area contributed by atoms with Crippen LogP contribution in [0.25, 0.3) is 0 Å². The van der Waals surface area contributed by atoms with Gasteiger partial charge in [0.15, 0.2) is 0 Å². The molecular weight excluding hydrogens is 236 g/mol. The van der Waals surface area contributed by atoms with Crippen molar-refractivity contribution in [3.05, 3.63) is 0 Å². The van der Waals surface area contributed by atoms with E-state index >= 15 is 0 Å². The number of primary amides is 1. The van der Waals surface area contributed by atoms with Gasteiger partial charge in [-0.2, -0.15) is 0 Å². The third kappa shape index (κ3) is 7.50. The molecule has 0 aromatic carbocycles. The highest BCUT2D eigenvalue weighted by atomic mass is 32.1. The topological polar surface area (TPSA) is 137 Å². The molecule has 0 aliphatic rings. The van der Waals surface area contributed by atoms with Gasteiger partial charge >= 0.3 is 17.9 Å². The maximum absolute atomic E-state index is 11.0. The summed E-state index contributed by atoms with van der Waals surface area (Å²) in [5.74, 6) is -1.74. The molecule has 0 fully saturated rings. The molecular formula is C7H12N4O4S. The van der Waals surface area contributed by atoms with E-state index < -0.39 is 17.9 Å². The van der Waals surface area contributed by atoms with E-state index in [4.69, 9.17) is 5.73 Å². The van der Waals surface area contributed by atoms with E-state index in [0.29, 0.717) is 0 Å². The van der Waals surface area contributed by atoms with Crippen molar-refractivity contribution in [3.63, 3.8) is 0 Å². The molecule has 0 rings (SSSR count). The molecule has 90 valence electrons. The van der Waals surface area contributed by atoms with E-state index in [1.807, 2.05) is 0 Å². The molecule has 0 spiro atoms. The van der Waals surface area contributed by atoms with Gasteiger partial charge in [-0.15, -0.1) is 0 Å². The van der Waals surface area contributed by atoms with Crippen LogP contribution in [0.2, 0.25) is 0 Å². The normalized spacial score (nSPS) is 9.00. The number of carbonyl (C=O) groups excluding carboxylic acids is 3. The third-order valence-electron chi connectivity index (χ3n) is 1.26. The summed E-state index contributed by atoms with van der Waals surface area (Å²) in [4.78, 5) is 32.2. The van der Waals surface area contributed by atoms with Gasteiger partial charge < -0.3 is 26.8 Å². The van der Waals surface area contributed by atoms with Crippen molar-refractivity contribution in [1.82, 2.24) is 10.6 Å². The summed E-state index contributed by atoms with van der Waals surface area (Å²) >= 11 is 4.50. The Morgan fingerprint density at radius 3 is 2.19 bits per heavy atom. The average Bonchev–Trinajstić information content (AvgIpc) is 2.20. The van der Waals surface area contributed by atoms with Crippen molar-refractivity contribution in [1.29, 1.82) is 0 Å². The number of carbonyl (C=O) groups is 3. The molecule has 8 nitrogen and oxygen atoms in total. The fraction of sp³-hybridized carbons (Fsp3) is 0.429. The molecule has 0 unspecified atom stereocenters. The Hall–Kier alpha value is -1.90. The zero-order valence-electron chi connectivity index (χ0n) is 8.32. The van der Waals surface area contributed by atoms with Crippen LogP contribution in [0.1, 0.15) is 0 Å². The van der Waals surface area contributed by atoms with Crippen molar-refractivity contribution < 1.29 is 19.1 Å². The van der Waals surface area contributed by atoms with E-state index in [1.165, 1.54) is 0 Å². The van der Waals surface area contributed by atoms with Crippen LogP contribution in [0.3, 0.4) is 0 Å². The van der Waals surface area contributed by atoms with E-state index in [0.717, 1.165) is 0 Å². The predicted octanol–water partition coefficient (Wildman–Crippen LogP) is -2.40. The highest BCUT2D eigenvalue weighted by molar-refractivity contribution is 7.80. The second kappa shape index (κ2) is 7.40. The van der Waals surface area contributed by atoms with Crippen LogP contribution in [0.15, 0.2) is 0 Å². The minimum Gasteiger partial charge on any atom is -0.448 e. The number of amides is 3. The molecule has 0 bridgehead atoms. The molecule has 0 aliphatic carbocycles. The molecule has 0 heterocycles. The van der Waals surface area contributed by atoms with Crippen molar-refractivity contribution in [2.45, 2.75) is 0 Å². The summed E-state index contributed by atoms with van der Waals surface area (Å²) in [5.41, 5.74) is 9.78. The Morgan fingerprint density at radius 2 is 1.69 bits per heavy atom. The zero-order chi connectivity index (χ0) is 12.6. The van der Waals surface area contributed by atoms with Crippen LogP contribution in [0.5, 0.6) is 0 Å². The minimum atomic E-state index is -0.952. The molecule has 0 aromatic heterocycles. The second-order valence-electron chi connectivity index (χ2n) is 2.57. The number of nitrogens with one attached hydrogen (secondary N) is 2. The largest absolute Gasteiger partial charge is 0.448 e. The van der Waals surface area contributed by atoms with E-state index in [1.54, 1.807) is 0 Å². The first kappa shape index (κ1) is 14.1. The van der Waals surface area contributed by atoms with E-state index in [-0.39, 0.29) is 24.7 Å². The molecule has 0 radical (unpaired) electrons. The Morgan fingerprint density at radius 1 is 1.12 bits per heavy atom. The molecule has 3 amide bonds. The highest BCUT2D eigenvalue weighted by Crippen LogP contribution is 1.74. The van der Waals surface area contributed by atoms with E-state index in [9.17, 15) is 14.4 Å². The monoisotopic (exact) mass is 248 g/mol. The number of nitrogens with two attached hydrogens (primary N) is 2. The lowest BCUT2D eigenvalue weighted by molar-refractivity contribution is -0.139. The van der Waals surface area contributed by atoms with Gasteiger partial charge in [-0.25, -0.2) is 4.79 Å². The van der Waals surface area contributed by atoms with E-state index in [2.05, 4.69) is 33.3 Å². The zero-order valence-corrected chi connectivity index (χ0v) is 9.13. The summed E-state index contributed by atoms with van der Waals surface area (Å²) < 4.78 is 4.32. The van der Waals surface area contributed by atoms with Gasteiger partial charge in [-0.3, -0.25) is 9.59 Å². The van der Waals surface area contributed by atoms with Gasteiger partial charge in [0.25, 0.3) is 0 Å². The number of thiocarbonyl (C=S) groups is 1. The van der Waals surface area contributed by atoms with Crippen LogP contribution in [-0.2, 0) is 14.3 Å². The summed E-state index contributed by atoms with van der Waals surface area (Å²) in [6.07, 6.45) is -0.952. The molecule has 16 heavy (non-hydrogen) atoms. The van der Waals surface area contributed by atoms with Gasteiger partial charge in [0, 0.05) is 0 Å². The number of rotatable bonds is 5. The molecule has 0 saturated carbocycles. The molecule has 9 heteroatoms. The standard InChI is InChI=1S/C7H12N4O4S/c8-4(16)3-11-6(13)5(12)10-1-2-15-7(9)14/h1-3H2,(H2,8,16)(H2,9,14)(H,10,12)(H,11,13). The predicted molar refractivity (Wildman–Crippen MR) is 58.3 cm³/mol. The fourth-order valence-corrected chi connectivity index (χ4v) is 0.716. The first-order valence-corrected chi connectivity index (χ1v) is 4.61. The maximum Gasteiger partial charge on any atom is 0.404 e. The van der Waals surface area contributed by atoms with Crippen LogP contribution in [0.4, 0.5) is 4.79 Å². The lowest BCUT2D eigenvalue weighted by atomic mass is 10.5. The van der Waals surface area contributed by atoms with Crippen LogP contribution >= 0.6 is 12.2 Å². The average molecular weight is 248 g/mol. The summed E-state index contributed by atoms with van der Waals surface area (Å²) in [7, 11) is 0. The van der Waals surface area contributed by atoms with Gasteiger partial charge in [0.05, 0.1) is 18.1 Å². The minimum absolute atomic E-state index is 0.0116. The molecule has 0 aliphatic heterocycles. The van der Waals surface area contributed by atoms with Gasteiger partial charge in [0.1, 0.15) is 6.61 Å². The lowest BCUT2D eigenvalue weighted by Gasteiger charge is -2.05. The summed E-state index contributed by atoms with van der Waals surface area (Å²) in [6, 6.07) is 0. The summed E-state index contributed by atoms with van der Waals surface area (Å²) in [6.45, 7) is -0.175. The first-order valence-electron chi connectivity index (χ1n) is 4.20. The smallest absolute Gasteiger partial charge is 0.404 e. The molecule has 0 saturated heterocycles. The SMILES string of the molecule is NC(=O)OCCNC(=O)C(=O)NCC(N)=S. The molecule has 6 N–H and O–H groups in total. The quantitative estimate of drug-likeness (QED) is 0.243. The maximum atomic E-state index is 11.0. The van der Waals surface area contributed by atoms with Crippen molar-refractivity contribution in [2.24, 2.45) is 11.5 Å². The van der Waals surface area contributed by atoms with Gasteiger partial charge in [0.2, 0.25) is 0 Å². The molecule has 0 atom stereocenters. The van der Waals surface area contributed by atoms with Crippen LogP contribution in [-0.4, -0.2) is 42.6 Å². The Balaban J connectivity index is 3.67. The second-order valence-corrected chi connectivity index (χ2v) is 3.10. The highest BCUT2D eigenvalue weighted by Gasteiger charge is 2.12. The number of ether oxygens (including phenoxy) is 1. The number of hydrogen-bond donors (Lipinski definition) is 4. The Kier molecular flexibility index (Phi) is 6.52. The van der Waals surface area contributed by atoms with Crippen LogP contribution in [0, 0.1) is 0 Å². The third-order valence-corrected chi connectivity index (χ3v) is 1.41.